The number of carbonyl (C=O) groups excluding carboxylic acids is 4. The quantitative estimate of drug-likeness (QED) is 0.507. The van der Waals surface area contributed by atoms with Crippen molar-refractivity contribution in [3.63, 3.8) is 0 Å². The molecule has 0 bridgehead atoms. The van der Waals surface area contributed by atoms with E-state index in [1.165, 1.54) is 6.92 Å². The van der Waals surface area contributed by atoms with Crippen molar-refractivity contribution in [3.05, 3.63) is 35.9 Å². The lowest BCUT2D eigenvalue weighted by Gasteiger charge is -2.42. The Hall–Kier alpha value is -2.94. The average molecular weight is 408 g/mol. The summed E-state index contributed by atoms with van der Waals surface area (Å²) in [4.78, 5) is 47.0. The normalized spacial score (nSPS) is 26.1. The molecule has 29 heavy (non-hydrogen) atoms. The average Bonchev–Trinajstić information content (AvgIpc) is 2.61. The summed E-state index contributed by atoms with van der Waals surface area (Å²) >= 11 is 0. The molecule has 1 saturated heterocycles. The molecule has 0 radical (unpaired) electrons. The molecule has 1 aliphatic rings. The Morgan fingerprint density at radius 2 is 1.31 bits per heavy atom. The number of rotatable bonds is 6. The van der Waals surface area contributed by atoms with Crippen molar-refractivity contribution in [1.29, 1.82) is 0 Å². The van der Waals surface area contributed by atoms with E-state index in [2.05, 4.69) is 0 Å². The lowest BCUT2D eigenvalue weighted by atomic mass is 9.99. The van der Waals surface area contributed by atoms with Gasteiger partial charge < -0.3 is 23.7 Å². The van der Waals surface area contributed by atoms with E-state index in [1.807, 2.05) is 6.07 Å². The monoisotopic (exact) mass is 408 g/mol. The summed E-state index contributed by atoms with van der Waals surface area (Å²) in [5.41, 5.74) is 0.722. The van der Waals surface area contributed by atoms with Gasteiger partial charge in [-0.05, 0) is 12.5 Å². The van der Waals surface area contributed by atoms with E-state index < -0.39 is 54.6 Å². The highest BCUT2D eigenvalue weighted by atomic mass is 16.7. The van der Waals surface area contributed by atoms with Gasteiger partial charge in [-0.15, -0.1) is 0 Å². The Balaban J connectivity index is 2.24. The smallest absolute Gasteiger partial charge is 0.312 e. The highest BCUT2D eigenvalue weighted by molar-refractivity contribution is 5.73. The van der Waals surface area contributed by atoms with Gasteiger partial charge in [0.05, 0.1) is 12.5 Å². The zero-order valence-electron chi connectivity index (χ0n) is 16.7. The van der Waals surface area contributed by atoms with Crippen LogP contribution in [0.2, 0.25) is 0 Å². The van der Waals surface area contributed by atoms with Gasteiger partial charge in [-0.2, -0.15) is 0 Å². The maximum Gasteiger partial charge on any atom is 0.312 e. The minimum absolute atomic E-state index is 0.0342. The van der Waals surface area contributed by atoms with Gasteiger partial charge in [-0.25, -0.2) is 0 Å². The van der Waals surface area contributed by atoms with E-state index in [9.17, 15) is 19.2 Å². The lowest BCUT2D eigenvalue weighted by Crippen LogP contribution is -2.61. The zero-order chi connectivity index (χ0) is 21.6. The van der Waals surface area contributed by atoms with Crippen molar-refractivity contribution >= 4 is 23.9 Å². The van der Waals surface area contributed by atoms with Gasteiger partial charge in [0.15, 0.2) is 12.2 Å². The minimum atomic E-state index is -1.35. The molecule has 9 nitrogen and oxygen atoms in total. The fourth-order valence-corrected chi connectivity index (χ4v) is 3.00. The maximum absolute atomic E-state index is 12.4. The van der Waals surface area contributed by atoms with Crippen LogP contribution in [0.3, 0.4) is 0 Å². The van der Waals surface area contributed by atoms with E-state index in [1.54, 1.807) is 31.2 Å². The van der Waals surface area contributed by atoms with Crippen LogP contribution in [-0.2, 0) is 49.3 Å². The second-order valence-electron chi connectivity index (χ2n) is 6.58. The van der Waals surface area contributed by atoms with Crippen molar-refractivity contribution in [2.45, 2.75) is 64.8 Å². The molecule has 0 saturated carbocycles. The molecule has 0 unspecified atom stereocenters. The van der Waals surface area contributed by atoms with Crippen molar-refractivity contribution < 1.29 is 42.9 Å². The molecule has 1 heterocycles. The molecule has 0 N–H and O–H groups in total. The van der Waals surface area contributed by atoms with E-state index in [0.29, 0.717) is 0 Å². The summed E-state index contributed by atoms with van der Waals surface area (Å²) in [6.07, 6.45) is -5.75. The van der Waals surface area contributed by atoms with E-state index in [0.717, 1.165) is 19.4 Å². The molecular weight excluding hydrogens is 384 g/mol. The van der Waals surface area contributed by atoms with Crippen LogP contribution >= 0.6 is 0 Å². The highest BCUT2D eigenvalue weighted by Crippen LogP contribution is 2.29. The second-order valence-corrected chi connectivity index (χ2v) is 6.58. The fraction of sp³-hybridized carbons (Fsp3) is 0.500. The molecule has 0 spiro atoms. The summed E-state index contributed by atoms with van der Waals surface area (Å²) < 4.78 is 26.7. The molecule has 0 aliphatic carbocycles. The highest BCUT2D eigenvalue weighted by Gasteiger charge is 2.51. The zero-order valence-corrected chi connectivity index (χ0v) is 16.7. The Morgan fingerprint density at radius 1 is 0.793 bits per heavy atom. The van der Waals surface area contributed by atoms with Gasteiger partial charge in [-0.1, -0.05) is 30.3 Å². The molecule has 9 heteroatoms. The third-order valence-electron chi connectivity index (χ3n) is 4.07. The van der Waals surface area contributed by atoms with Crippen LogP contribution in [0.15, 0.2) is 30.3 Å². The largest absolute Gasteiger partial charge is 0.456 e. The number of benzene rings is 1. The first kappa shape index (κ1) is 22.4. The van der Waals surface area contributed by atoms with E-state index in [-0.39, 0.29) is 6.42 Å². The number of hydrogen-bond donors (Lipinski definition) is 0. The first-order valence-electron chi connectivity index (χ1n) is 9.08. The molecular formula is C20H24O9. The van der Waals surface area contributed by atoms with Gasteiger partial charge in [0.2, 0.25) is 12.4 Å². The molecule has 5 atom stereocenters. The Kier molecular flexibility index (Phi) is 7.72. The molecule has 1 aromatic carbocycles. The number of ether oxygens (including phenoxy) is 5. The maximum atomic E-state index is 12.4. The summed E-state index contributed by atoms with van der Waals surface area (Å²) in [6, 6.07) is 8.89. The van der Waals surface area contributed by atoms with Crippen LogP contribution in [0.25, 0.3) is 0 Å². The first-order valence-corrected chi connectivity index (χ1v) is 9.08. The molecule has 0 aromatic heterocycles. The molecule has 1 aromatic rings. The lowest BCUT2D eigenvalue weighted by molar-refractivity contribution is -0.293. The Labute approximate surface area is 168 Å². The fourth-order valence-electron chi connectivity index (χ4n) is 3.00. The van der Waals surface area contributed by atoms with Crippen LogP contribution in [0.1, 0.15) is 33.3 Å². The van der Waals surface area contributed by atoms with Gasteiger partial charge in [0.1, 0.15) is 0 Å². The van der Waals surface area contributed by atoms with Gasteiger partial charge >= 0.3 is 23.9 Å². The van der Waals surface area contributed by atoms with Crippen LogP contribution in [0.5, 0.6) is 0 Å². The minimum Gasteiger partial charge on any atom is -0.456 e. The topological polar surface area (TPSA) is 114 Å². The van der Waals surface area contributed by atoms with Crippen LogP contribution in [0.4, 0.5) is 0 Å². The summed E-state index contributed by atoms with van der Waals surface area (Å²) in [6.45, 7) is 5.05. The third kappa shape index (κ3) is 6.56. The van der Waals surface area contributed by atoms with E-state index >= 15 is 0 Å². The standard InChI is InChI=1S/C20H24O9/c1-11-17(26-12(2)21)18(27-13(3)22)19(28-14(4)23)20(25-11)29-16(24)10-15-8-6-5-7-9-15/h5-9,11,17-20H,10H2,1-4H3/t11-,17-,18+,19+,20-/m0/s1. The van der Waals surface area contributed by atoms with Crippen molar-refractivity contribution in [2.24, 2.45) is 0 Å². The number of esters is 4. The summed E-state index contributed by atoms with van der Waals surface area (Å²) in [5, 5.41) is 0. The number of carbonyl (C=O) groups is 4. The molecule has 0 amide bonds. The molecule has 1 fully saturated rings. The SMILES string of the molecule is CC(=O)O[C@@H]1[C@@H](OC(C)=O)[C@H](C)O[C@@H](OC(=O)Cc2ccccc2)[C@@H]1OC(C)=O. The predicted octanol–water partition coefficient (Wildman–Crippen LogP) is 1.31. The molecule has 158 valence electrons. The molecule has 1 aliphatic heterocycles. The first-order chi connectivity index (χ1) is 13.7. The van der Waals surface area contributed by atoms with Crippen LogP contribution in [0, 0.1) is 0 Å². The van der Waals surface area contributed by atoms with Crippen molar-refractivity contribution in [1.82, 2.24) is 0 Å². The predicted molar refractivity (Wildman–Crippen MR) is 97.2 cm³/mol. The summed E-state index contributed by atoms with van der Waals surface area (Å²) in [7, 11) is 0. The molecule has 2 rings (SSSR count). The third-order valence-corrected chi connectivity index (χ3v) is 4.07. The van der Waals surface area contributed by atoms with Crippen LogP contribution < -0.4 is 0 Å². The van der Waals surface area contributed by atoms with Gasteiger partial charge in [-0.3, -0.25) is 19.2 Å². The Bertz CT molecular complexity index is 746. The van der Waals surface area contributed by atoms with Gasteiger partial charge in [0, 0.05) is 20.8 Å². The summed E-state index contributed by atoms with van der Waals surface area (Å²) in [5.74, 6) is -2.66. The second kappa shape index (κ2) is 10.0. The Morgan fingerprint density at radius 3 is 1.86 bits per heavy atom. The van der Waals surface area contributed by atoms with Gasteiger partial charge in [0.25, 0.3) is 0 Å². The van der Waals surface area contributed by atoms with E-state index in [4.69, 9.17) is 23.7 Å². The van der Waals surface area contributed by atoms with Crippen molar-refractivity contribution in [3.8, 4) is 0 Å². The van der Waals surface area contributed by atoms with Crippen molar-refractivity contribution in [2.75, 3.05) is 0 Å². The number of hydrogen-bond acceptors (Lipinski definition) is 9. The van der Waals surface area contributed by atoms with Crippen LogP contribution in [-0.4, -0.2) is 54.6 Å².